The second-order valence-electron chi connectivity index (χ2n) is 7.48. The molecule has 0 bridgehead atoms. The number of rotatable bonds is 2. The second-order valence-corrected chi connectivity index (χ2v) is 7.48. The van der Waals surface area contributed by atoms with E-state index < -0.39 is 0 Å². The molecule has 2 aliphatic rings. The Labute approximate surface area is 129 Å². The molecule has 1 aliphatic carbocycles. The van der Waals surface area contributed by atoms with Crippen LogP contribution in [0.4, 0.5) is 0 Å². The van der Waals surface area contributed by atoms with E-state index in [-0.39, 0.29) is 11.7 Å². The van der Waals surface area contributed by atoms with Crippen LogP contribution in [-0.4, -0.2) is 18.2 Å². The van der Waals surface area contributed by atoms with Crippen LogP contribution in [0, 0.1) is 11.8 Å². The van der Waals surface area contributed by atoms with Gasteiger partial charge < -0.3 is 10.1 Å². The molecule has 1 aliphatic heterocycles. The Morgan fingerprint density at radius 3 is 2.67 bits per heavy atom. The van der Waals surface area contributed by atoms with E-state index in [1.807, 2.05) is 0 Å². The molecule has 0 radical (unpaired) electrons. The summed E-state index contributed by atoms with van der Waals surface area (Å²) in [4.78, 5) is 0. The van der Waals surface area contributed by atoms with Gasteiger partial charge in [0.15, 0.2) is 0 Å². The lowest BCUT2D eigenvalue weighted by molar-refractivity contribution is -0.166. The van der Waals surface area contributed by atoms with Crippen LogP contribution < -0.4 is 5.32 Å². The molecular weight excluding hydrogens is 258 g/mol. The van der Waals surface area contributed by atoms with Crippen molar-refractivity contribution in [2.24, 2.45) is 11.8 Å². The molecule has 1 aromatic carbocycles. The van der Waals surface area contributed by atoms with Crippen molar-refractivity contribution in [2.75, 3.05) is 6.54 Å². The van der Waals surface area contributed by atoms with Gasteiger partial charge in [0.1, 0.15) is 0 Å². The Morgan fingerprint density at radius 1 is 1.24 bits per heavy atom. The first-order valence-corrected chi connectivity index (χ1v) is 8.56. The van der Waals surface area contributed by atoms with E-state index >= 15 is 0 Å². The normalized spacial score (nSPS) is 37.0. The quantitative estimate of drug-likeness (QED) is 0.874. The topological polar surface area (TPSA) is 21.3 Å². The number of hydrogen-bond donors (Lipinski definition) is 1. The van der Waals surface area contributed by atoms with Crippen LogP contribution in [0.5, 0.6) is 0 Å². The van der Waals surface area contributed by atoms with Crippen molar-refractivity contribution in [3.8, 4) is 0 Å². The fourth-order valence-electron chi connectivity index (χ4n) is 4.18. The summed E-state index contributed by atoms with van der Waals surface area (Å²) in [7, 11) is 0. The predicted molar refractivity (Wildman–Crippen MR) is 87.3 cm³/mol. The second kappa shape index (κ2) is 6.10. The van der Waals surface area contributed by atoms with Crippen molar-refractivity contribution in [3.05, 3.63) is 35.9 Å². The Kier molecular flexibility index (Phi) is 4.37. The largest absolute Gasteiger partial charge is 0.364 e. The number of nitrogens with one attached hydrogen (secondary N) is 1. The summed E-state index contributed by atoms with van der Waals surface area (Å²) < 4.78 is 6.78. The van der Waals surface area contributed by atoms with E-state index in [1.54, 1.807) is 0 Å². The predicted octanol–water partition coefficient (Wildman–Crippen LogP) is 4.32. The van der Waals surface area contributed by atoms with Gasteiger partial charge in [0.25, 0.3) is 0 Å². The smallest absolute Gasteiger partial charge is 0.0988 e. The summed E-state index contributed by atoms with van der Waals surface area (Å²) in [5.41, 5.74) is 1.38. The van der Waals surface area contributed by atoms with E-state index in [0.717, 1.165) is 12.5 Å². The lowest BCUT2D eigenvalue weighted by Crippen LogP contribution is -2.58. The first-order valence-electron chi connectivity index (χ1n) is 8.56. The average molecular weight is 287 g/mol. The van der Waals surface area contributed by atoms with E-state index in [1.165, 1.54) is 31.2 Å². The van der Waals surface area contributed by atoms with Gasteiger partial charge in [0.05, 0.1) is 11.7 Å². The van der Waals surface area contributed by atoms with Gasteiger partial charge in [-0.15, -0.1) is 0 Å². The van der Waals surface area contributed by atoms with Crippen molar-refractivity contribution in [3.63, 3.8) is 0 Å². The molecule has 1 N–H and O–H groups in total. The van der Waals surface area contributed by atoms with Gasteiger partial charge in [-0.25, -0.2) is 0 Å². The molecule has 1 heterocycles. The van der Waals surface area contributed by atoms with Crippen LogP contribution in [0.25, 0.3) is 0 Å². The van der Waals surface area contributed by atoms with Gasteiger partial charge in [0.2, 0.25) is 0 Å². The van der Waals surface area contributed by atoms with E-state index in [2.05, 4.69) is 56.4 Å². The lowest BCUT2D eigenvalue weighted by atomic mass is 9.76. The van der Waals surface area contributed by atoms with Crippen molar-refractivity contribution in [2.45, 2.75) is 64.2 Å². The highest BCUT2D eigenvalue weighted by Gasteiger charge is 2.44. The number of morpholine rings is 1. The van der Waals surface area contributed by atoms with Gasteiger partial charge >= 0.3 is 0 Å². The van der Waals surface area contributed by atoms with Gasteiger partial charge in [-0.05, 0) is 30.2 Å². The monoisotopic (exact) mass is 287 g/mol. The molecular formula is C19H29NO. The van der Waals surface area contributed by atoms with Crippen LogP contribution in [-0.2, 0) is 4.74 Å². The van der Waals surface area contributed by atoms with Gasteiger partial charge in [0, 0.05) is 12.6 Å². The molecule has 3 rings (SSSR count). The zero-order chi connectivity index (χ0) is 14.9. The standard InChI is InChI=1S/C19H29NO/c1-14(2)17-18(16-9-5-4-6-10-16)21-19(13-20-17)11-7-8-15(3)12-19/h4-6,9-10,14-15,17-18,20H,7-8,11-13H2,1-3H3. The zero-order valence-electron chi connectivity index (χ0n) is 13.6. The van der Waals surface area contributed by atoms with Crippen molar-refractivity contribution >= 4 is 0 Å². The highest BCUT2D eigenvalue weighted by Crippen LogP contribution is 2.42. The maximum absolute atomic E-state index is 6.78. The molecule has 0 amide bonds. The van der Waals surface area contributed by atoms with Crippen LogP contribution in [0.15, 0.2) is 30.3 Å². The molecule has 116 valence electrons. The molecule has 1 spiro atoms. The van der Waals surface area contributed by atoms with Crippen molar-refractivity contribution < 1.29 is 4.74 Å². The average Bonchev–Trinajstić information content (AvgIpc) is 2.47. The fourth-order valence-corrected chi connectivity index (χ4v) is 4.18. The maximum atomic E-state index is 6.78. The Hall–Kier alpha value is -0.860. The summed E-state index contributed by atoms with van der Waals surface area (Å²) in [5.74, 6) is 1.36. The maximum Gasteiger partial charge on any atom is 0.0988 e. The molecule has 21 heavy (non-hydrogen) atoms. The molecule has 2 nitrogen and oxygen atoms in total. The summed E-state index contributed by atoms with van der Waals surface area (Å²) in [6.45, 7) is 7.97. The third-order valence-electron chi connectivity index (χ3n) is 5.26. The molecule has 0 aromatic heterocycles. The summed E-state index contributed by atoms with van der Waals surface area (Å²) in [6.07, 6.45) is 5.25. The molecule has 1 aromatic rings. The molecule has 1 saturated heterocycles. The molecule has 4 unspecified atom stereocenters. The Balaban J connectivity index is 1.85. The summed E-state index contributed by atoms with van der Waals surface area (Å²) in [5, 5.41) is 3.82. The SMILES string of the molecule is CC1CCCC2(CNC(C(C)C)C(c3ccccc3)O2)C1. The van der Waals surface area contributed by atoms with Crippen LogP contribution >= 0.6 is 0 Å². The third kappa shape index (κ3) is 3.17. The van der Waals surface area contributed by atoms with E-state index in [9.17, 15) is 0 Å². The molecule has 2 fully saturated rings. The Morgan fingerprint density at radius 2 is 2.00 bits per heavy atom. The van der Waals surface area contributed by atoms with Crippen LogP contribution in [0.1, 0.15) is 58.1 Å². The highest BCUT2D eigenvalue weighted by atomic mass is 16.5. The fraction of sp³-hybridized carbons (Fsp3) is 0.684. The van der Waals surface area contributed by atoms with E-state index in [4.69, 9.17) is 4.74 Å². The van der Waals surface area contributed by atoms with Gasteiger partial charge in [-0.3, -0.25) is 0 Å². The highest BCUT2D eigenvalue weighted by molar-refractivity contribution is 5.21. The van der Waals surface area contributed by atoms with Crippen LogP contribution in [0.3, 0.4) is 0 Å². The van der Waals surface area contributed by atoms with E-state index in [0.29, 0.717) is 12.0 Å². The summed E-state index contributed by atoms with van der Waals surface area (Å²) in [6, 6.07) is 11.2. The first-order chi connectivity index (χ1) is 10.1. The number of benzene rings is 1. The number of hydrogen-bond acceptors (Lipinski definition) is 2. The Bertz CT molecular complexity index is 458. The zero-order valence-corrected chi connectivity index (χ0v) is 13.6. The van der Waals surface area contributed by atoms with Crippen LogP contribution in [0.2, 0.25) is 0 Å². The molecule has 1 saturated carbocycles. The van der Waals surface area contributed by atoms with Crippen molar-refractivity contribution in [1.29, 1.82) is 0 Å². The molecule has 4 atom stereocenters. The minimum Gasteiger partial charge on any atom is -0.364 e. The minimum atomic E-state index is 0.0591. The first kappa shape index (κ1) is 15.1. The summed E-state index contributed by atoms with van der Waals surface area (Å²) >= 11 is 0. The minimum absolute atomic E-state index is 0.0591. The lowest BCUT2D eigenvalue weighted by Gasteiger charge is -2.50. The van der Waals surface area contributed by atoms with Gasteiger partial charge in [-0.2, -0.15) is 0 Å². The number of ether oxygens (including phenoxy) is 1. The molecule has 2 heteroatoms. The van der Waals surface area contributed by atoms with Gasteiger partial charge in [-0.1, -0.05) is 63.9 Å². The van der Waals surface area contributed by atoms with Crippen molar-refractivity contribution in [1.82, 2.24) is 5.32 Å². The third-order valence-corrected chi connectivity index (χ3v) is 5.26.